The first kappa shape index (κ1) is 12.8. The van der Waals surface area contributed by atoms with Crippen LogP contribution in [0.2, 0.25) is 0 Å². The molecule has 0 atom stereocenters. The Morgan fingerprint density at radius 1 is 1.40 bits per heavy atom. The molecule has 0 aliphatic heterocycles. The zero-order valence-corrected chi connectivity index (χ0v) is 11.3. The van der Waals surface area contributed by atoms with Gasteiger partial charge in [0.25, 0.3) is 0 Å². The highest BCUT2D eigenvalue weighted by Crippen LogP contribution is 2.23. The number of anilines is 1. The van der Waals surface area contributed by atoms with Gasteiger partial charge in [-0.05, 0) is 34.8 Å². The van der Waals surface area contributed by atoms with E-state index in [-0.39, 0.29) is 0 Å². The Kier molecular flexibility index (Phi) is 6.03. The van der Waals surface area contributed by atoms with Crippen LogP contribution >= 0.6 is 27.5 Å². The topological polar surface area (TPSA) is 16.1 Å². The van der Waals surface area contributed by atoms with Crippen LogP contribution in [0.1, 0.15) is 19.3 Å². The van der Waals surface area contributed by atoms with Gasteiger partial charge in [0.2, 0.25) is 0 Å². The second kappa shape index (κ2) is 7.07. The van der Waals surface area contributed by atoms with Crippen LogP contribution in [-0.4, -0.2) is 24.5 Å². The lowest BCUT2D eigenvalue weighted by molar-refractivity contribution is 0.707. The van der Waals surface area contributed by atoms with Crippen LogP contribution in [0.5, 0.6) is 0 Å². The summed E-state index contributed by atoms with van der Waals surface area (Å²) in [6.07, 6.45) is 7.11. The molecule has 0 radical (unpaired) electrons. The predicted octanol–water partition coefficient (Wildman–Crippen LogP) is 3.69. The molecule has 2 nitrogen and oxygen atoms in total. The number of nitrogens with zero attached hydrogens (tertiary/aromatic N) is 2. The van der Waals surface area contributed by atoms with Crippen molar-refractivity contribution < 1.29 is 0 Å². The van der Waals surface area contributed by atoms with E-state index in [0.717, 1.165) is 23.3 Å². The average molecular weight is 292 g/mol. The Morgan fingerprint density at radius 3 is 2.87 bits per heavy atom. The fourth-order valence-electron chi connectivity index (χ4n) is 1.42. The summed E-state index contributed by atoms with van der Waals surface area (Å²) in [6.45, 7) is 1.06. The lowest BCUT2D eigenvalue weighted by Crippen LogP contribution is -2.18. The van der Waals surface area contributed by atoms with Gasteiger partial charge in [-0.2, -0.15) is 0 Å². The number of hydrogen-bond acceptors (Lipinski definition) is 2. The molecule has 0 bridgehead atoms. The summed E-state index contributed by atoms with van der Waals surface area (Å²) in [4.78, 5) is 6.28. The molecule has 1 heterocycles. The van der Waals surface area contributed by atoms with E-state index in [4.69, 9.17) is 11.6 Å². The molecule has 1 aromatic rings. The molecule has 0 amide bonds. The Morgan fingerprint density at radius 2 is 2.20 bits per heavy atom. The van der Waals surface area contributed by atoms with Crippen LogP contribution < -0.4 is 4.90 Å². The Labute approximate surface area is 105 Å². The Balaban J connectivity index is 2.40. The van der Waals surface area contributed by atoms with E-state index in [0.29, 0.717) is 0 Å². The molecular formula is C11H16BrClN2. The fourth-order valence-corrected chi connectivity index (χ4v) is 2.16. The maximum Gasteiger partial charge on any atom is 0.0592 e. The minimum Gasteiger partial charge on any atom is -0.374 e. The van der Waals surface area contributed by atoms with E-state index in [2.05, 4.69) is 32.9 Å². The van der Waals surface area contributed by atoms with Gasteiger partial charge in [0.1, 0.15) is 0 Å². The smallest absolute Gasteiger partial charge is 0.0592 e. The van der Waals surface area contributed by atoms with Crippen molar-refractivity contribution in [2.24, 2.45) is 0 Å². The highest BCUT2D eigenvalue weighted by molar-refractivity contribution is 9.10. The molecule has 0 spiro atoms. The maximum absolute atomic E-state index is 5.63. The lowest BCUT2D eigenvalue weighted by Gasteiger charge is -2.20. The van der Waals surface area contributed by atoms with Gasteiger partial charge in [-0.3, -0.25) is 4.98 Å². The summed E-state index contributed by atoms with van der Waals surface area (Å²) < 4.78 is 1.05. The van der Waals surface area contributed by atoms with Gasteiger partial charge in [0.05, 0.1) is 10.2 Å². The van der Waals surface area contributed by atoms with Gasteiger partial charge in [-0.15, -0.1) is 11.6 Å². The Bertz CT molecular complexity index is 294. The minimum atomic E-state index is 0.767. The van der Waals surface area contributed by atoms with Gasteiger partial charge in [-0.25, -0.2) is 0 Å². The third kappa shape index (κ3) is 4.39. The SMILES string of the molecule is CN(CCCCCCl)c1ccncc1Br. The quantitative estimate of drug-likeness (QED) is 0.587. The molecule has 0 aliphatic rings. The van der Waals surface area contributed by atoms with E-state index < -0.39 is 0 Å². The maximum atomic E-state index is 5.63. The van der Waals surface area contributed by atoms with Crippen molar-refractivity contribution in [1.82, 2.24) is 4.98 Å². The van der Waals surface area contributed by atoms with Gasteiger partial charge < -0.3 is 4.90 Å². The van der Waals surface area contributed by atoms with Gasteiger partial charge >= 0.3 is 0 Å². The van der Waals surface area contributed by atoms with E-state index in [9.17, 15) is 0 Å². The number of hydrogen-bond donors (Lipinski definition) is 0. The summed E-state index contributed by atoms with van der Waals surface area (Å²) >= 11 is 9.12. The zero-order chi connectivity index (χ0) is 11.1. The number of halogens is 2. The van der Waals surface area contributed by atoms with E-state index >= 15 is 0 Å². The molecule has 84 valence electrons. The fraction of sp³-hybridized carbons (Fsp3) is 0.545. The summed E-state index contributed by atoms with van der Waals surface area (Å²) in [6, 6.07) is 2.02. The average Bonchev–Trinajstić information content (AvgIpc) is 2.25. The number of aromatic nitrogens is 1. The molecule has 1 aromatic heterocycles. The summed E-state index contributed by atoms with van der Waals surface area (Å²) in [5, 5.41) is 0. The third-order valence-electron chi connectivity index (χ3n) is 2.29. The minimum absolute atomic E-state index is 0.767. The zero-order valence-electron chi connectivity index (χ0n) is 8.92. The van der Waals surface area contributed by atoms with Gasteiger partial charge in [-0.1, -0.05) is 6.42 Å². The molecule has 4 heteroatoms. The normalized spacial score (nSPS) is 10.3. The lowest BCUT2D eigenvalue weighted by atomic mass is 10.2. The van der Waals surface area contributed by atoms with Crippen LogP contribution in [0.4, 0.5) is 5.69 Å². The van der Waals surface area contributed by atoms with Crippen LogP contribution in [0.3, 0.4) is 0 Å². The predicted molar refractivity (Wildman–Crippen MR) is 69.8 cm³/mol. The third-order valence-corrected chi connectivity index (χ3v) is 3.17. The molecular weight excluding hydrogens is 275 g/mol. The molecule has 0 fully saturated rings. The molecule has 0 saturated heterocycles. The van der Waals surface area contributed by atoms with E-state index in [1.165, 1.54) is 18.5 Å². The molecule has 0 aliphatic carbocycles. The molecule has 0 saturated carbocycles. The molecule has 0 unspecified atom stereocenters. The van der Waals surface area contributed by atoms with E-state index in [1.54, 1.807) is 0 Å². The van der Waals surface area contributed by atoms with Crippen LogP contribution in [0.25, 0.3) is 0 Å². The first-order chi connectivity index (χ1) is 7.25. The first-order valence-electron chi connectivity index (χ1n) is 5.12. The van der Waals surface area contributed by atoms with Crippen molar-refractivity contribution in [3.63, 3.8) is 0 Å². The molecule has 0 N–H and O–H groups in total. The van der Waals surface area contributed by atoms with Crippen molar-refractivity contribution in [1.29, 1.82) is 0 Å². The van der Waals surface area contributed by atoms with Crippen molar-refractivity contribution >= 4 is 33.2 Å². The number of rotatable bonds is 6. The van der Waals surface area contributed by atoms with Crippen LogP contribution in [-0.2, 0) is 0 Å². The van der Waals surface area contributed by atoms with Crippen LogP contribution in [0.15, 0.2) is 22.9 Å². The molecule has 0 aromatic carbocycles. The highest BCUT2D eigenvalue weighted by atomic mass is 79.9. The van der Waals surface area contributed by atoms with Crippen LogP contribution in [0, 0.1) is 0 Å². The first-order valence-corrected chi connectivity index (χ1v) is 6.45. The number of alkyl halides is 1. The standard InChI is InChI=1S/C11H16BrClN2/c1-15(8-4-2-3-6-13)11-5-7-14-9-10(11)12/h5,7,9H,2-4,6,8H2,1H3. The summed E-state index contributed by atoms with van der Waals surface area (Å²) in [5.41, 5.74) is 1.19. The van der Waals surface area contributed by atoms with Crippen molar-refractivity contribution in [2.75, 3.05) is 24.4 Å². The van der Waals surface area contributed by atoms with Crippen molar-refractivity contribution in [3.05, 3.63) is 22.9 Å². The second-order valence-electron chi connectivity index (χ2n) is 3.50. The van der Waals surface area contributed by atoms with Crippen molar-refractivity contribution in [3.8, 4) is 0 Å². The number of pyridine rings is 1. The monoisotopic (exact) mass is 290 g/mol. The van der Waals surface area contributed by atoms with Gasteiger partial charge in [0, 0.05) is 31.9 Å². The highest BCUT2D eigenvalue weighted by Gasteiger charge is 2.04. The van der Waals surface area contributed by atoms with E-state index in [1.807, 2.05) is 18.5 Å². The Hall–Kier alpha value is -0.280. The van der Waals surface area contributed by atoms with Gasteiger partial charge in [0.15, 0.2) is 0 Å². The largest absolute Gasteiger partial charge is 0.374 e. The van der Waals surface area contributed by atoms with Crippen molar-refractivity contribution in [2.45, 2.75) is 19.3 Å². The molecule has 1 rings (SSSR count). The summed E-state index contributed by atoms with van der Waals surface area (Å²) in [5.74, 6) is 0.767. The summed E-state index contributed by atoms with van der Waals surface area (Å²) in [7, 11) is 2.10. The number of unbranched alkanes of at least 4 members (excludes halogenated alkanes) is 2. The molecule has 15 heavy (non-hydrogen) atoms. The second-order valence-corrected chi connectivity index (χ2v) is 4.73.